The van der Waals surface area contributed by atoms with E-state index in [1.807, 2.05) is 0 Å². The summed E-state index contributed by atoms with van der Waals surface area (Å²) in [6.07, 6.45) is 1.44. The van der Waals surface area contributed by atoms with Gasteiger partial charge in [0, 0.05) is 29.6 Å². The first-order valence-corrected chi connectivity index (χ1v) is 8.36. The Labute approximate surface area is 163 Å². The molecule has 3 aromatic rings. The van der Waals surface area contributed by atoms with E-state index < -0.39 is 16.6 Å². The molecule has 0 fully saturated rings. The van der Waals surface area contributed by atoms with Gasteiger partial charge in [-0.3, -0.25) is 19.7 Å². The van der Waals surface area contributed by atoms with Crippen molar-refractivity contribution >= 4 is 23.1 Å². The number of hydrogen-bond acceptors (Lipinski definition) is 6. The first kappa shape index (κ1) is 19.7. The monoisotopic (exact) mass is 398 g/mol. The summed E-state index contributed by atoms with van der Waals surface area (Å²) in [5, 5.41) is 17.6. The van der Waals surface area contributed by atoms with Crippen molar-refractivity contribution in [2.75, 3.05) is 5.32 Å². The summed E-state index contributed by atoms with van der Waals surface area (Å²) in [4.78, 5) is 33.8. The van der Waals surface area contributed by atoms with Gasteiger partial charge >= 0.3 is 5.69 Å². The summed E-state index contributed by atoms with van der Waals surface area (Å²) in [6.45, 7) is 1.19. The molecule has 2 aromatic carbocycles. The van der Waals surface area contributed by atoms with Crippen LogP contribution in [0.25, 0.3) is 0 Å². The minimum absolute atomic E-state index is 0.0815. The van der Waals surface area contributed by atoms with E-state index in [0.29, 0.717) is 11.3 Å². The maximum Gasteiger partial charge on any atom is 0.311 e. The van der Waals surface area contributed by atoms with Gasteiger partial charge in [-0.2, -0.15) is 5.10 Å². The van der Waals surface area contributed by atoms with Gasteiger partial charge in [-0.15, -0.1) is 0 Å². The minimum Gasteiger partial charge on any atom is -0.464 e. The summed E-state index contributed by atoms with van der Waals surface area (Å²) in [5.41, 5.74) is 0.709. The third-order valence-corrected chi connectivity index (χ3v) is 3.89. The molecule has 1 N–H and O–H groups in total. The topological polar surface area (TPSA) is 116 Å². The van der Waals surface area contributed by atoms with Gasteiger partial charge in [-0.05, 0) is 43.3 Å². The van der Waals surface area contributed by atoms with Crippen molar-refractivity contribution in [2.24, 2.45) is 0 Å². The molecule has 10 heteroatoms. The zero-order valence-corrected chi connectivity index (χ0v) is 15.2. The number of ketones is 1. The molecule has 0 aliphatic carbocycles. The van der Waals surface area contributed by atoms with Crippen molar-refractivity contribution in [3.05, 3.63) is 81.9 Å². The van der Waals surface area contributed by atoms with E-state index in [1.165, 1.54) is 23.9 Å². The molecule has 0 radical (unpaired) electrons. The average Bonchev–Trinajstić information content (AvgIpc) is 3.16. The highest BCUT2D eigenvalue weighted by atomic mass is 19.1. The lowest BCUT2D eigenvalue weighted by atomic mass is 10.1. The van der Waals surface area contributed by atoms with E-state index >= 15 is 0 Å². The fourth-order valence-electron chi connectivity index (χ4n) is 2.43. The second kappa shape index (κ2) is 8.30. The van der Waals surface area contributed by atoms with Crippen LogP contribution in [0.3, 0.4) is 0 Å². The Balaban J connectivity index is 1.65. The fraction of sp³-hybridized carbons (Fsp3) is 0.105. The van der Waals surface area contributed by atoms with Crippen LogP contribution in [0.2, 0.25) is 0 Å². The van der Waals surface area contributed by atoms with E-state index in [2.05, 4.69) is 10.4 Å². The van der Waals surface area contributed by atoms with Crippen LogP contribution in [-0.2, 0) is 6.73 Å². The number of carbonyl (C=O) groups excluding carboxylic acids is 2. The lowest BCUT2D eigenvalue weighted by Gasteiger charge is -2.07. The number of nitro benzene ring substituents is 1. The Morgan fingerprint density at radius 1 is 1.21 bits per heavy atom. The highest BCUT2D eigenvalue weighted by Crippen LogP contribution is 2.27. The van der Waals surface area contributed by atoms with Crippen LogP contribution in [-0.4, -0.2) is 26.4 Å². The molecule has 1 heterocycles. The van der Waals surface area contributed by atoms with Gasteiger partial charge in [-0.25, -0.2) is 9.07 Å². The van der Waals surface area contributed by atoms with E-state index in [1.54, 1.807) is 24.3 Å². The molecule has 0 unspecified atom stereocenters. The van der Waals surface area contributed by atoms with E-state index in [4.69, 9.17) is 4.74 Å². The number of nitro groups is 1. The zero-order chi connectivity index (χ0) is 21.0. The van der Waals surface area contributed by atoms with Gasteiger partial charge in [0.05, 0.1) is 4.92 Å². The Morgan fingerprint density at radius 2 is 1.93 bits per heavy atom. The molecular weight excluding hydrogens is 383 g/mol. The molecule has 29 heavy (non-hydrogen) atoms. The fourth-order valence-corrected chi connectivity index (χ4v) is 2.43. The Morgan fingerprint density at radius 3 is 2.59 bits per heavy atom. The van der Waals surface area contributed by atoms with Crippen LogP contribution in [0.1, 0.15) is 27.8 Å². The predicted molar refractivity (Wildman–Crippen MR) is 100 cm³/mol. The van der Waals surface area contributed by atoms with Crippen molar-refractivity contribution in [1.29, 1.82) is 0 Å². The van der Waals surface area contributed by atoms with Crippen molar-refractivity contribution in [1.82, 2.24) is 9.78 Å². The number of amides is 1. The molecule has 3 rings (SSSR count). The van der Waals surface area contributed by atoms with Crippen molar-refractivity contribution in [3.63, 3.8) is 0 Å². The summed E-state index contributed by atoms with van der Waals surface area (Å²) in [7, 11) is 0. The van der Waals surface area contributed by atoms with Crippen LogP contribution in [0.5, 0.6) is 5.75 Å². The number of carbonyl (C=O) groups is 2. The summed E-state index contributed by atoms with van der Waals surface area (Å²) < 4.78 is 19.8. The number of aromatic nitrogens is 2. The van der Waals surface area contributed by atoms with E-state index in [9.17, 15) is 24.1 Å². The molecule has 0 spiro atoms. The number of rotatable bonds is 7. The molecule has 0 aliphatic heterocycles. The number of halogens is 1. The first-order valence-electron chi connectivity index (χ1n) is 8.36. The van der Waals surface area contributed by atoms with Crippen LogP contribution in [0, 0.1) is 15.9 Å². The Bertz CT molecular complexity index is 1080. The van der Waals surface area contributed by atoms with Crippen molar-refractivity contribution in [2.45, 2.75) is 13.7 Å². The third kappa shape index (κ3) is 4.80. The number of ether oxygens (including phenoxy) is 1. The van der Waals surface area contributed by atoms with Gasteiger partial charge in [0.1, 0.15) is 5.82 Å². The maximum absolute atomic E-state index is 13.3. The van der Waals surface area contributed by atoms with Crippen LogP contribution >= 0.6 is 0 Å². The normalized spacial score (nSPS) is 10.4. The Hall–Kier alpha value is -4.08. The number of hydrogen-bond donors (Lipinski definition) is 1. The quantitative estimate of drug-likeness (QED) is 0.370. The molecule has 148 valence electrons. The first-order chi connectivity index (χ1) is 13.8. The number of nitrogens with one attached hydrogen (secondary N) is 1. The summed E-state index contributed by atoms with van der Waals surface area (Å²) >= 11 is 0. The van der Waals surface area contributed by atoms with E-state index in [-0.39, 0.29) is 29.6 Å². The van der Waals surface area contributed by atoms with Crippen molar-refractivity contribution < 1.29 is 23.6 Å². The second-order valence-electron chi connectivity index (χ2n) is 5.97. The third-order valence-electron chi connectivity index (χ3n) is 3.89. The highest BCUT2D eigenvalue weighted by molar-refractivity contribution is 6.03. The number of anilines is 1. The molecular formula is C19H15FN4O5. The second-order valence-corrected chi connectivity index (χ2v) is 5.97. The van der Waals surface area contributed by atoms with Gasteiger partial charge in [0.2, 0.25) is 5.75 Å². The largest absolute Gasteiger partial charge is 0.464 e. The van der Waals surface area contributed by atoms with Crippen LogP contribution in [0.4, 0.5) is 15.8 Å². The average molecular weight is 398 g/mol. The molecule has 9 nitrogen and oxygen atoms in total. The molecule has 1 amide bonds. The molecule has 0 bridgehead atoms. The number of Topliss-reactive ketones (excluding diaryl/α,β-unsaturated/α-hetero) is 1. The SMILES string of the molecule is CC(=O)c1ccc(NC(=O)c2ccn(COc3cc(F)ccc3[N+](=O)[O-])n2)cc1. The predicted octanol–water partition coefficient (Wildman–Crippen LogP) is 3.42. The van der Waals surface area contributed by atoms with E-state index in [0.717, 1.165) is 18.2 Å². The van der Waals surface area contributed by atoms with Crippen LogP contribution in [0.15, 0.2) is 54.7 Å². The number of benzene rings is 2. The molecule has 0 atom stereocenters. The smallest absolute Gasteiger partial charge is 0.311 e. The van der Waals surface area contributed by atoms with Crippen LogP contribution < -0.4 is 10.1 Å². The standard InChI is InChI=1S/C19H15FN4O5/c1-12(25)13-2-5-15(6-3-13)21-19(26)16-8-9-23(22-16)11-29-18-10-14(20)4-7-17(18)24(27)28/h2-10H,11H2,1H3,(H,21,26). The lowest BCUT2D eigenvalue weighted by Crippen LogP contribution is -2.14. The molecule has 1 aromatic heterocycles. The lowest BCUT2D eigenvalue weighted by molar-refractivity contribution is -0.386. The summed E-state index contributed by atoms with van der Waals surface area (Å²) in [5.74, 6) is -1.50. The van der Waals surface area contributed by atoms with Gasteiger partial charge in [0.25, 0.3) is 5.91 Å². The zero-order valence-electron chi connectivity index (χ0n) is 15.2. The van der Waals surface area contributed by atoms with Gasteiger partial charge < -0.3 is 10.1 Å². The van der Waals surface area contributed by atoms with Crippen molar-refractivity contribution in [3.8, 4) is 5.75 Å². The molecule has 0 aliphatic rings. The van der Waals surface area contributed by atoms with Gasteiger partial charge in [-0.1, -0.05) is 0 Å². The molecule has 0 saturated carbocycles. The van der Waals surface area contributed by atoms with Gasteiger partial charge in [0.15, 0.2) is 18.2 Å². The molecule has 0 saturated heterocycles. The maximum atomic E-state index is 13.3. The Kier molecular flexibility index (Phi) is 5.63. The summed E-state index contributed by atoms with van der Waals surface area (Å²) in [6, 6.07) is 10.7. The highest BCUT2D eigenvalue weighted by Gasteiger charge is 2.17. The minimum atomic E-state index is -0.686. The number of nitrogens with zero attached hydrogens (tertiary/aromatic N) is 3.